The number of ketones is 1. The summed E-state index contributed by atoms with van der Waals surface area (Å²) in [6.07, 6.45) is 12.2. The van der Waals surface area contributed by atoms with Crippen molar-refractivity contribution >= 4 is 11.8 Å². The Morgan fingerprint density at radius 2 is 2.10 bits per heavy atom. The summed E-state index contributed by atoms with van der Waals surface area (Å²) in [5.74, 6) is 0.534. The SMILES string of the molecule is CCC=CCCOC(=O)CC1CCC(=O)C1CCCCC. The van der Waals surface area contributed by atoms with Crippen LogP contribution < -0.4 is 0 Å². The topological polar surface area (TPSA) is 43.4 Å². The third kappa shape index (κ3) is 6.92. The van der Waals surface area contributed by atoms with E-state index in [9.17, 15) is 9.59 Å². The first kappa shape index (κ1) is 17.9. The number of esters is 1. The molecule has 1 rings (SSSR count). The smallest absolute Gasteiger partial charge is 0.306 e. The Morgan fingerprint density at radius 3 is 2.81 bits per heavy atom. The van der Waals surface area contributed by atoms with E-state index >= 15 is 0 Å². The summed E-state index contributed by atoms with van der Waals surface area (Å²) in [6.45, 7) is 4.70. The highest BCUT2D eigenvalue weighted by molar-refractivity contribution is 5.84. The molecule has 0 bridgehead atoms. The minimum Gasteiger partial charge on any atom is -0.465 e. The second-order valence-electron chi connectivity index (χ2n) is 5.96. The van der Waals surface area contributed by atoms with Gasteiger partial charge in [0.2, 0.25) is 0 Å². The van der Waals surface area contributed by atoms with Crippen LogP contribution in [0.25, 0.3) is 0 Å². The van der Waals surface area contributed by atoms with Crippen molar-refractivity contribution in [3.05, 3.63) is 12.2 Å². The van der Waals surface area contributed by atoms with E-state index in [-0.39, 0.29) is 17.8 Å². The van der Waals surface area contributed by atoms with Gasteiger partial charge in [-0.05, 0) is 31.6 Å². The number of hydrogen-bond donors (Lipinski definition) is 0. The zero-order valence-corrected chi connectivity index (χ0v) is 13.6. The Labute approximate surface area is 129 Å². The first-order valence-electron chi connectivity index (χ1n) is 8.52. The molecule has 3 nitrogen and oxygen atoms in total. The summed E-state index contributed by atoms with van der Waals surface area (Å²) < 4.78 is 5.26. The lowest BCUT2D eigenvalue weighted by molar-refractivity contribution is -0.145. The summed E-state index contributed by atoms with van der Waals surface area (Å²) in [7, 11) is 0. The molecule has 1 aliphatic rings. The Hall–Kier alpha value is -1.12. The predicted molar refractivity (Wildman–Crippen MR) is 85.0 cm³/mol. The van der Waals surface area contributed by atoms with Crippen molar-refractivity contribution in [1.82, 2.24) is 0 Å². The van der Waals surface area contributed by atoms with E-state index in [0.717, 1.165) is 32.1 Å². The van der Waals surface area contributed by atoms with Crippen LogP contribution in [0.15, 0.2) is 12.2 Å². The molecule has 1 saturated carbocycles. The van der Waals surface area contributed by atoms with Crippen molar-refractivity contribution in [3.8, 4) is 0 Å². The maximum atomic E-state index is 11.9. The highest BCUT2D eigenvalue weighted by atomic mass is 16.5. The third-order valence-corrected chi connectivity index (χ3v) is 4.24. The van der Waals surface area contributed by atoms with E-state index in [4.69, 9.17) is 4.74 Å². The molecular formula is C18H30O3. The molecular weight excluding hydrogens is 264 g/mol. The number of unbranched alkanes of at least 4 members (excludes halogenated alkanes) is 2. The molecule has 0 radical (unpaired) electrons. The van der Waals surface area contributed by atoms with E-state index in [2.05, 4.69) is 19.9 Å². The van der Waals surface area contributed by atoms with Crippen LogP contribution in [-0.4, -0.2) is 18.4 Å². The molecule has 21 heavy (non-hydrogen) atoms. The molecule has 0 aliphatic heterocycles. The number of carbonyl (C=O) groups is 2. The average Bonchev–Trinajstić information content (AvgIpc) is 2.80. The number of ether oxygens (including phenoxy) is 1. The Kier molecular flexibility index (Phi) is 9.04. The summed E-state index contributed by atoms with van der Waals surface area (Å²) in [5.41, 5.74) is 0. The average molecular weight is 294 g/mol. The zero-order valence-electron chi connectivity index (χ0n) is 13.6. The fourth-order valence-corrected chi connectivity index (χ4v) is 3.03. The molecule has 0 aromatic rings. The molecule has 2 atom stereocenters. The van der Waals surface area contributed by atoms with Gasteiger partial charge in [-0.15, -0.1) is 0 Å². The standard InChI is InChI=1S/C18H30O3/c1-3-5-7-9-13-21-18(20)14-15-11-12-17(19)16(15)10-8-6-4-2/h5,7,15-16H,3-4,6,8-14H2,1-2H3. The lowest BCUT2D eigenvalue weighted by Crippen LogP contribution is -2.19. The molecule has 0 saturated heterocycles. The highest BCUT2D eigenvalue weighted by Gasteiger charge is 2.35. The molecule has 0 amide bonds. The predicted octanol–water partition coefficient (Wildman–Crippen LogP) is 4.45. The summed E-state index contributed by atoms with van der Waals surface area (Å²) >= 11 is 0. The van der Waals surface area contributed by atoms with Gasteiger partial charge in [0, 0.05) is 18.8 Å². The monoisotopic (exact) mass is 294 g/mol. The minimum absolute atomic E-state index is 0.101. The van der Waals surface area contributed by atoms with Crippen molar-refractivity contribution in [2.75, 3.05) is 6.61 Å². The van der Waals surface area contributed by atoms with Gasteiger partial charge in [0.05, 0.1) is 6.61 Å². The Bertz CT molecular complexity index is 346. The van der Waals surface area contributed by atoms with Crippen molar-refractivity contribution in [1.29, 1.82) is 0 Å². The van der Waals surface area contributed by atoms with Crippen LogP contribution in [0.1, 0.15) is 71.6 Å². The molecule has 2 unspecified atom stereocenters. The molecule has 1 aliphatic carbocycles. The molecule has 1 fully saturated rings. The van der Waals surface area contributed by atoms with Crippen LogP contribution in [0, 0.1) is 11.8 Å². The minimum atomic E-state index is -0.139. The molecule has 0 aromatic heterocycles. The van der Waals surface area contributed by atoms with Gasteiger partial charge in [-0.25, -0.2) is 0 Å². The quantitative estimate of drug-likeness (QED) is 0.339. The molecule has 0 spiro atoms. The van der Waals surface area contributed by atoms with Crippen molar-refractivity contribution in [2.24, 2.45) is 11.8 Å². The van der Waals surface area contributed by atoms with Crippen LogP contribution in [0.2, 0.25) is 0 Å². The van der Waals surface area contributed by atoms with E-state index in [1.54, 1.807) is 0 Å². The van der Waals surface area contributed by atoms with Crippen LogP contribution in [0.5, 0.6) is 0 Å². The van der Waals surface area contributed by atoms with E-state index in [0.29, 0.717) is 25.2 Å². The fourth-order valence-electron chi connectivity index (χ4n) is 3.03. The number of allylic oxidation sites excluding steroid dienone is 1. The second kappa shape index (κ2) is 10.6. The molecule has 0 N–H and O–H groups in total. The Morgan fingerprint density at radius 1 is 1.29 bits per heavy atom. The van der Waals surface area contributed by atoms with Gasteiger partial charge in [-0.3, -0.25) is 9.59 Å². The fraction of sp³-hybridized carbons (Fsp3) is 0.778. The summed E-state index contributed by atoms with van der Waals surface area (Å²) in [5, 5.41) is 0. The van der Waals surface area contributed by atoms with Gasteiger partial charge in [0.25, 0.3) is 0 Å². The van der Waals surface area contributed by atoms with E-state index in [1.807, 2.05) is 6.08 Å². The molecule has 120 valence electrons. The summed E-state index contributed by atoms with van der Waals surface area (Å²) in [6, 6.07) is 0. The first-order chi connectivity index (χ1) is 10.2. The number of carbonyl (C=O) groups excluding carboxylic acids is 2. The van der Waals surface area contributed by atoms with Crippen molar-refractivity contribution in [2.45, 2.75) is 71.6 Å². The molecule has 0 aromatic carbocycles. The molecule has 0 heterocycles. The van der Waals surface area contributed by atoms with Gasteiger partial charge in [0.1, 0.15) is 5.78 Å². The van der Waals surface area contributed by atoms with E-state index < -0.39 is 0 Å². The highest BCUT2D eigenvalue weighted by Crippen LogP contribution is 2.35. The number of hydrogen-bond acceptors (Lipinski definition) is 3. The van der Waals surface area contributed by atoms with Gasteiger partial charge < -0.3 is 4.74 Å². The van der Waals surface area contributed by atoms with Gasteiger partial charge in [0.15, 0.2) is 0 Å². The van der Waals surface area contributed by atoms with Gasteiger partial charge >= 0.3 is 5.97 Å². The van der Waals surface area contributed by atoms with Crippen LogP contribution >= 0.6 is 0 Å². The third-order valence-electron chi connectivity index (χ3n) is 4.24. The van der Waals surface area contributed by atoms with Crippen LogP contribution in [0.3, 0.4) is 0 Å². The van der Waals surface area contributed by atoms with Gasteiger partial charge in [-0.2, -0.15) is 0 Å². The first-order valence-corrected chi connectivity index (χ1v) is 8.52. The zero-order chi connectivity index (χ0) is 15.5. The number of Topliss-reactive ketones (excluding diaryl/α,β-unsaturated/α-hetero) is 1. The van der Waals surface area contributed by atoms with E-state index in [1.165, 1.54) is 12.8 Å². The van der Waals surface area contributed by atoms with Crippen molar-refractivity contribution in [3.63, 3.8) is 0 Å². The maximum Gasteiger partial charge on any atom is 0.306 e. The van der Waals surface area contributed by atoms with Crippen molar-refractivity contribution < 1.29 is 14.3 Å². The van der Waals surface area contributed by atoms with Crippen LogP contribution in [0.4, 0.5) is 0 Å². The maximum absolute atomic E-state index is 11.9. The normalized spacial score (nSPS) is 22.1. The Balaban J connectivity index is 2.29. The van der Waals surface area contributed by atoms with Crippen LogP contribution in [-0.2, 0) is 14.3 Å². The van der Waals surface area contributed by atoms with Gasteiger partial charge in [-0.1, -0.05) is 45.3 Å². The number of rotatable bonds is 10. The lowest BCUT2D eigenvalue weighted by atomic mass is 9.88. The summed E-state index contributed by atoms with van der Waals surface area (Å²) in [4.78, 5) is 23.8. The lowest BCUT2D eigenvalue weighted by Gasteiger charge is -2.17. The molecule has 3 heteroatoms. The largest absolute Gasteiger partial charge is 0.465 e. The second-order valence-corrected chi connectivity index (χ2v) is 5.96.